The Morgan fingerprint density at radius 1 is 1.53 bits per heavy atom. The summed E-state index contributed by atoms with van der Waals surface area (Å²) in [5, 5.41) is 0.591. The number of benzene rings is 1. The lowest BCUT2D eigenvalue weighted by Gasteiger charge is -2.01. The molecule has 0 saturated carbocycles. The number of carbonyl (C=O) groups excluding carboxylic acids is 1. The number of hydrogen-bond acceptors (Lipinski definition) is 2. The zero-order valence-corrected chi connectivity index (χ0v) is 9.12. The molecule has 1 aromatic carbocycles. The summed E-state index contributed by atoms with van der Waals surface area (Å²) in [7, 11) is 1.57. The standard InChI is InChI=1S/C11H12ClNO2/c1-15-10-6-8(5-9(12)7-10)3-2-4-11(13)14/h2-3,5-7H,4H2,1H3,(H2,13,14). The van der Waals surface area contributed by atoms with E-state index in [9.17, 15) is 4.79 Å². The molecule has 2 N–H and O–H groups in total. The molecule has 0 bridgehead atoms. The predicted octanol–water partition coefficient (Wildman–Crippen LogP) is 2.24. The largest absolute Gasteiger partial charge is 0.497 e. The second-order valence-electron chi connectivity index (χ2n) is 3.00. The monoisotopic (exact) mass is 225 g/mol. The molecular formula is C11H12ClNO2. The summed E-state index contributed by atoms with van der Waals surface area (Å²) in [5.41, 5.74) is 5.88. The average molecular weight is 226 g/mol. The van der Waals surface area contributed by atoms with E-state index in [1.807, 2.05) is 6.07 Å². The molecule has 0 unspecified atom stereocenters. The summed E-state index contributed by atoms with van der Waals surface area (Å²) in [5.74, 6) is 0.321. The molecule has 0 heterocycles. The summed E-state index contributed by atoms with van der Waals surface area (Å²) in [6, 6.07) is 5.32. The highest BCUT2D eigenvalue weighted by Gasteiger charge is 1.97. The van der Waals surface area contributed by atoms with E-state index in [1.165, 1.54) is 0 Å². The van der Waals surface area contributed by atoms with Crippen molar-refractivity contribution in [1.29, 1.82) is 0 Å². The number of amides is 1. The van der Waals surface area contributed by atoms with Crippen LogP contribution in [0.3, 0.4) is 0 Å². The van der Waals surface area contributed by atoms with Crippen LogP contribution >= 0.6 is 11.6 Å². The van der Waals surface area contributed by atoms with E-state index in [0.717, 1.165) is 5.56 Å². The number of rotatable bonds is 4. The van der Waals surface area contributed by atoms with E-state index in [2.05, 4.69) is 0 Å². The fraction of sp³-hybridized carbons (Fsp3) is 0.182. The van der Waals surface area contributed by atoms with Crippen LogP contribution in [0.15, 0.2) is 24.3 Å². The fourth-order valence-electron chi connectivity index (χ4n) is 1.11. The van der Waals surface area contributed by atoms with Crippen molar-refractivity contribution in [3.05, 3.63) is 34.9 Å². The zero-order valence-electron chi connectivity index (χ0n) is 8.37. The van der Waals surface area contributed by atoms with Gasteiger partial charge in [-0.3, -0.25) is 4.79 Å². The van der Waals surface area contributed by atoms with Gasteiger partial charge in [-0.2, -0.15) is 0 Å². The Morgan fingerprint density at radius 2 is 2.27 bits per heavy atom. The maximum absolute atomic E-state index is 10.5. The lowest BCUT2D eigenvalue weighted by molar-refractivity contribution is -0.117. The molecule has 80 valence electrons. The summed E-state index contributed by atoms with van der Waals surface area (Å²) in [6.07, 6.45) is 3.68. The first-order valence-corrected chi connectivity index (χ1v) is 4.79. The first-order valence-electron chi connectivity index (χ1n) is 4.41. The molecule has 0 aliphatic rings. The van der Waals surface area contributed by atoms with Crippen molar-refractivity contribution in [3.8, 4) is 5.75 Å². The normalized spacial score (nSPS) is 10.5. The van der Waals surface area contributed by atoms with E-state index in [4.69, 9.17) is 22.1 Å². The van der Waals surface area contributed by atoms with Gasteiger partial charge in [0.05, 0.1) is 7.11 Å². The number of carbonyl (C=O) groups is 1. The van der Waals surface area contributed by atoms with Gasteiger partial charge in [0.1, 0.15) is 5.75 Å². The Morgan fingerprint density at radius 3 is 2.87 bits per heavy atom. The Kier molecular flexibility index (Phi) is 4.18. The van der Waals surface area contributed by atoms with Gasteiger partial charge in [0.2, 0.25) is 5.91 Å². The molecular weight excluding hydrogens is 214 g/mol. The minimum Gasteiger partial charge on any atom is -0.497 e. The lowest BCUT2D eigenvalue weighted by Crippen LogP contribution is -2.07. The minimum atomic E-state index is -0.361. The van der Waals surface area contributed by atoms with Gasteiger partial charge < -0.3 is 10.5 Å². The van der Waals surface area contributed by atoms with Crippen LogP contribution in [0.25, 0.3) is 6.08 Å². The van der Waals surface area contributed by atoms with Crippen molar-refractivity contribution >= 4 is 23.6 Å². The Labute approximate surface area is 93.5 Å². The van der Waals surface area contributed by atoms with Crippen molar-refractivity contribution in [2.24, 2.45) is 5.73 Å². The number of nitrogens with two attached hydrogens (primary N) is 1. The molecule has 0 aromatic heterocycles. The Balaban J connectivity index is 2.80. The fourth-order valence-corrected chi connectivity index (χ4v) is 1.34. The van der Waals surface area contributed by atoms with Crippen LogP contribution in [0.1, 0.15) is 12.0 Å². The second-order valence-corrected chi connectivity index (χ2v) is 3.43. The van der Waals surface area contributed by atoms with Gasteiger partial charge >= 0.3 is 0 Å². The molecule has 0 spiro atoms. The van der Waals surface area contributed by atoms with Crippen LogP contribution in [-0.4, -0.2) is 13.0 Å². The number of methoxy groups -OCH3 is 1. The van der Waals surface area contributed by atoms with E-state index >= 15 is 0 Å². The van der Waals surface area contributed by atoms with Gasteiger partial charge in [-0.05, 0) is 23.8 Å². The van der Waals surface area contributed by atoms with Crippen molar-refractivity contribution in [2.75, 3.05) is 7.11 Å². The Hall–Kier alpha value is -1.48. The molecule has 1 amide bonds. The van der Waals surface area contributed by atoms with Gasteiger partial charge in [-0.25, -0.2) is 0 Å². The van der Waals surface area contributed by atoms with E-state index < -0.39 is 0 Å². The Bertz CT molecular complexity index is 388. The van der Waals surface area contributed by atoms with Crippen molar-refractivity contribution in [2.45, 2.75) is 6.42 Å². The van der Waals surface area contributed by atoms with Gasteiger partial charge in [0.25, 0.3) is 0 Å². The highest BCUT2D eigenvalue weighted by Crippen LogP contribution is 2.21. The van der Waals surface area contributed by atoms with Crippen LogP contribution < -0.4 is 10.5 Å². The molecule has 15 heavy (non-hydrogen) atoms. The van der Waals surface area contributed by atoms with Gasteiger partial charge in [-0.15, -0.1) is 0 Å². The van der Waals surface area contributed by atoms with E-state index in [1.54, 1.807) is 31.4 Å². The summed E-state index contributed by atoms with van der Waals surface area (Å²) < 4.78 is 5.05. The number of ether oxygens (including phenoxy) is 1. The van der Waals surface area contributed by atoms with Crippen LogP contribution in [-0.2, 0) is 4.79 Å². The first kappa shape index (κ1) is 11.6. The minimum absolute atomic E-state index is 0.217. The van der Waals surface area contributed by atoms with Gasteiger partial charge in [0.15, 0.2) is 0 Å². The molecule has 0 aliphatic heterocycles. The maximum atomic E-state index is 10.5. The summed E-state index contributed by atoms with van der Waals surface area (Å²) >= 11 is 5.86. The molecule has 0 fully saturated rings. The number of primary amides is 1. The van der Waals surface area contributed by atoms with E-state index in [-0.39, 0.29) is 12.3 Å². The predicted molar refractivity (Wildman–Crippen MR) is 60.8 cm³/mol. The molecule has 0 radical (unpaired) electrons. The molecule has 3 nitrogen and oxygen atoms in total. The summed E-state index contributed by atoms with van der Waals surface area (Å²) in [6.45, 7) is 0. The van der Waals surface area contributed by atoms with Crippen molar-refractivity contribution in [3.63, 3.8) is 0 Å². The number of hydrogen-bond donors (Lipinski definition) is 1. The molecule has 0 atom stereocenters. The third kappa shape index (κ3) is 4.04. The second kappa shape index (κ2) is 5.41. The quantitative estimate of drug-likeness (QED) is 0.855. The third-order valence-electron chi connectivity index (χ3n) is 1.76. The molecule has 1 aromatic rings. The molecule has 0 aliphatic carbocycles. The first-order chi connectivity index (χ1) is 7.11. The third-order valence-corrected chi connectivity index (χ3v) is 1.98. The van der Waals surface area contributed by atoms with Crippen LogP contribution in [0, 0.1) is 0 Å². The van der Waals surface area contributed by atoms with Crippen LogP contribution in [0.2, 0.25) is 5.02 Å². The molecule has 0 saturated heterocycles. The van der Waals surface area contributed by atoms with Crippen molar-refractivity contribution in [1.82, 2.24) is 0 Å². The number of halogens is 1. The highest BCUT2D eigenvalue weighted by atomic mass is 35.5. The van der Waals surface area contributed by atoms with Crippen LogP contribution in [0.4, 0.5) is 0 Å². The van der Waals surface area contributed by atoms with Crippen LogP contribution in [0.5, 0.6) is 5.75 Å². The average Bonchev–Trinajstić information content (AvgIpc) is 2.16. The molecule has 4 heteroatoms. The van der Waals surface area contributed by atoms with Crippen molar-refractivity contribution < 1.29 is 9.53 Å². The van der Waals surface area contributed by atoms with E-state index in [0.29, 0.717) is 10.8 Å². The van der Waals surface area contributed by atoms with Gasteiger partial charge in [-0.1, -0.05) is 23.8 Å². The highest BCUT2D eigenvalue weighted by molar-refractivity contribution is 6.30. The van der Waals surface area contributed by atoms with Gasteiger partial charge in [0, 0.05) is 11.4 Å². The SMILES string of the molecule is COc1cc(Cl)cc(C=CCC(N)=O)c1. The topological polar surface area (TPSA) is 52.3 Å². The smallest absolute Gasteiger partial charge is 0.221 e. The maximum Gasteiger partial charge on any atom is 0.221 e. The molecule has 1 rings (SSSR count). The summed E-state index contributed by atoms with van der Waals surface area (Å²) in [4.78, 5) is 10.5. The lowest BCUT2D eigenvalue weighted by atomic mass is 10.2. The zero-order chi connectivity index (χ0) is 11.3.